The Balaban J connectivity index is 0.000000187. The van der Waals surface area contributed by atoms with Gasteiger partial charge in [0, 0.05) is 6.04 Å². The van der Waals surface area contributed by atoms with Crippen molar-refractivity contribution in [3.8, 4) is 0 Å². The van der Waals surface area contributed by atoms with Crippen molar-refractivity contribution in [3.05, 3.63) is 18.5 Å². The Kier molecular flexibility index (Phi) is 3.31. The summed E-state index contributed by atoms with van der Waals surface area (Å²) in [6.07, 6.45) is 12.5. The molecule has 6 heteroatoms. The van der Waals surface area contributed by atoms with Crippen LogP contribution in [-0.2, 0) is 0 Å². The van der Waals surface area contributed by atoms with Crippen LogP contribution >= 0.6 is 0 Å². The predicted molar refractivity (Wildman–Crippen MR) is 75.7 cm³/mol. The maximum absolute atomic E-state index is 5.56. The molecule has 0 saturated heterocycles. The summed E-state index contributed by atoms with van der Waals surface area (Å²) >= 11 is 0. The van der Waals surface area contributed by atoms with E-state index >= 15 is 0 Å². The number of rotatable bonds is 2. The van der Waals surface area contributed by atoms with E-state index in [1.807, 2.05) is 0 Å². The largest absolute Gasteiger partial charge is 0.368 e. The van der Waals surface area contributed by atoms with E-state index in [1.54, 1.807) is 6.33 Å². The van der Waals surface area contributed by atoms with Gasteiger partial charge in [0.15, 0.2) is 11.5 Å². The van der Waals surface area contributed by atoms with Crippen LogP contribution in [0.25, 0.3) is 11.2 Å². The lowest BCUT2D eigenvalue weighted by atomic mass is 10.4. The minimum absolute atomic E-state index is 0.257. The molecule has 2 heterocycles. The quantitative estimate of drug-likeness (QED) is 0.718. The Morgan fingerprint density at radius 3 is 2.63 bits per heavy atom. The summed E-state index contributed by atoms with van der Waals surface area (Å²) < 4.78 is 0. The van der Waals surface area contributed by atoms with Gasteiger partial charge in [-0.3, -0.25) is 0 Å². The van der Waals surface area contributed by atoms with Crippen LogP contribution < -0.4 is 11.1 Å². The molecular weight excluding hydrogens is 240 g/mol. The fourth-order valence-corrected chi connectivity index (χ4v) is 1.96. The third kappa shape index (κ3) is 3.01. The van der Waals surface area contributed by atoms with E-state index in [2.05, 4.69) is 37.4 Å². The first kappa shape index (κ1) is 12.0. The Morgan fingerprint density at radius 2 is 2.00 bits per heavy atom. The van der Waals surface area contributed by atoms with Gasteiger partial charge in [0.05, 0.1) is 6.33 Å². The number of hydrogen-bond donors (Lipinski definition) is 3. The minimum atomic E-state index is 0.257. The lowest BCUT2D eigenvalue weighted by Gasteiger charge is -2.04. The zero-order valence-corrected chi connectivity index (χ0v) is 10.8. The summed E-state index contributed by atoms with van der Waals surface area (Å²) in [5, 5.41) is 3.28. The molecule has 0 aliphatic heterocycles. The lowest BCUT2D eigenvalue weighted by molar-refractivity contribution is 0.929. The summed E-state index contributed by atoms with van der Waals surface area (Å²) in [5.74, 6) is 1.01. The minimum Gasteiger partial charge on any atom is -0.368 e. The summed E-state index contributed by atoms with van der Waals surface area (Å²) in [7, 11) is 0. The maximum atomic E-state index is 5.56. The molecule has 0 radical (unpaired) electrons. The molecule has 1 saturated carbocycles. The van der Waals surface area contributed by atoms with Crippen LogP contribution in [0.2, 0.25) is 0 Å². The molecule has 19 heavy (non-hydrogen) atoms. The molecule has 0 amide bonds. The van der Waals surface area contributed by atoms with E-state index in [0.717, 1.165) is 11.3 Å². The van der Waals surface area contributed by atoms with Gasteiger partial charge in [-0.15, -0.1) is 0 Å². The zero-order chi connectivity index (χ0) is 13.1. The Morgan fingerprint density at radius 1 is 1.21 bits per heavy atom. The lowest BCUT2D eigenvalue weighted by Crippen LogP contribution is -2.06. The van der Waals surface area contributed by atoms with E-state index in [1.165, 1.54) is 32.1 Å². The number of hydrogen-bond acceptors (Lipinski definition) is 5. The highest BCUT2D eigenvalue weighted by atomic mass is 15.1. The van der Waals surface area contributed by atoms with E-state index in [4.69, 9.17) is 5.73 Å². The molecule has 0 atom stereocenters. The van der Waals surface area contributed by atoms with Gasteiger partial charge in [-0.25, -0.2) is 4.98 Å². The van der Waals surface area contributed by atoms with Crippen LogP contribution in [0.3, 0.4) is 0 Å². The second-order valence-electron chi connectivity index (χ2n) is 4.85. The third-order valence-corrected chi connectivity index (χ3v) is 3.13. The number of nitrogens with one attached hydrogen (secondary N) is 2. The van der Waals surface area contributed by atoms with E-state index in [9.17, 15) is 0 Å². The molecule has 0 unspecified atom stereocenters. The van der Waals surface area contributed by atoms with Crippen LogP contribution in [0.1, 0.15) is 32.1 Å². The van der Waals surface area contributed by atoms with Crippen molar-refractivity contribution in [2.75, 3.05) is 11.1 Å². The summed E-state index contributed by atoms with van der Waals surface area (Å²) in [4.78, 5) is 15.2. The number of imidazole rings is 1. The number of nitrogens with zero attached hydrogens (tertiary/aromatic N) is 3. The van der Waals surface area contributed by atoms with Crippen molar-refractivity contribution in [2.45, 2.75) is 38.1 Å². The van der Waals surface area contributed by atoms with Crippen LogP contribution in [0, 0.1) is 0 Å². The van der Waals surface area contributed by atoms with Crippen molar-refractivity contribution >= 4 is 22.9 Å². The first-order valence-corrected chi connectivity index (χ1v) is 6.71. The number of aromatic nitrogens is 4. The molecule has 6 nitrogen and oxygen atoms in total. The van der Waals surface area contributed by atoms with Crippen LogP contribution in [0.4, 0.5) is 11.8 Å². The number of allylic oxidation sites excluding steroid dienone is 2. The SMILES string of the molecule is C1=CCCC1.Nc1nc(NC2CC2)c2[nH]cnc2n1. The zero-order valence-electron chi connectivity index (χ0n) is 10.8. The summed E-state index contributed by atoms with van der Waals surface area (Å²) in [5.41, 5.74) is 7.00. The molecule has 4 rings (SSSR count). The Labute approximate surface area is 111 Å². The van der Waals surface area contributed by atoms with Crippen molar-refractivity contribution in [1.29, 1.82) is 0 Å². The van der Waals surface area contributed by atoms with Crippen LogP contribution in [0.15, 0.2) is 18.5 Å². The fraction of sp³-hybridized carbons (Fsp3) is 0.462. The number of anilines is 2. The van der Waals surface area contributed by atoms with Gasteiger partial charge in [0.25, 0.3) is 0 Å². The average molecular weight is 258 g/mol. The molecule has 0 bridgehead atoms. The molecule has 2 aliphatic carbocycles. The fourth-order valence-electron chi connectivity index (χ4n) is 1.96. The molecule has 0 aromatic carbocycles. The standard InChI is InChI=1S/C8H10N6.C5H8/c9-8-13-6-5(10-3-11-6)7(14-8)12-4-1-2-4;1-2-4-5-3-1/h3-4H,1-2H2,(H4,9,10,11,12,13,14);1-2H,3-5H2. The molecule has 0 spiro atoms. The van der Waals surface area contributed by atoms with E-state index in [0.29, 0.717) is 11.7 Å². The van der Waals surface area contributed by atoms with Crippen molar-refractivity contribution in [3.63, 3.8) is 0 Å². The summed E-state index contributed by atoms with van der Waals surface area (Å²) in [6, 6.07) is 0.538. The van der Waals surface area contributed by atoms with Crippen molar-refractivity contribution in [1.82, 2.24) is 19.9 Å². The van der Waals surface area contributed by atoms with Gasteiger partial charge >= 0.3 is 0 Å². The molecule has 4 N–H and O–H groups in total. The van der Waals surface area contributed by atoms with Gasteiger partial charge in [0.1, 0.15) is 5.52 Å². The van der Waals surface area contributed by atoms with Crippen LogP contribution in [-0.4, -0.2) is 26.0 Å². The average Bonchev–Trinajstić information content (AvgIpc) is 2.88. The molecule has 2 aromatic rings. The number of H-pyrrole nitrogens is 1. The molecule has 2 aromatic heterocycles. The summed E-state index contributed by atoms with van der Waals surface area (Å²) in [6.45, 7) is 0. The molecule has 2 aliphatic rings. The maximum Gasteiger partial charge on any atom is 0.224 e. The van der Waals surface area contributed by atoms with Crippen molar-refractivity contribution in [2.24, 2.45) is 0 Å². The van der Waals surface area contributed by atoms with Gasteiger partial charge in [-0.2, -0.15) is 9.97 Å². The monoisotopic (exact) mass is 258 g/mol. The highest BCUT2D eigenvalue weighted by Crippen LogP contribution is 2.26. The second kappa shape index (κ2) is 5.26. The van der Waals surface area contributed by atoms with Gasteiger partial charge in [-0.05, 0) is 32.1 Å². The van der Waals surface area contributed by atoms with Gasteiger partial charge in [-0.1, -0.05) is 12.2 Å². The van der Waals surface area contributed by atoms with Crippen molar-refractivity contribution < 1.29 is 0 Å². The number of aromatic amines is 1. The number of nitrogens with two attached hydrogens (primary N) is 1. The third-order valence-electron chi connectivity index (χ3n) is 3.13. The number of nitrogen functional groups attached to an aromatic ring is 1. The van der Waals surface area contributed by atoms with Gasteiger partial charge in [0.2, 0.25) is 5.95 Å². The highest BCUT2D eigenvalue weighted by Gasteiger charge is 2.23. The Hall–Kier alpha value is -2.11. The predicted octanol–water partition coefficient (Wildman–Crippen LogP) is 2.24. The van der Waals surface area contributed by atoms with E-state index in [-0.39, 0.29) is 5.95 Å². The van der Waals surface area contributed by atoms with Gasteiger partial charge < -0.3 is 16.0 Å². The Bertz CT molecular complexity index is 578. The second-order valence-corrected chi connectivity index (χ2v) is 4.85. The molecule has 100 valence electrons. The first-order chi connectivity index (χ1) is 9.33. The smallest absolute Gasteiger partial charge is 0.224 e. The van der Waals surface area contributed by atoms with E-state index < -0.39 is 0 Å². The number of fused-ring (bicyclic) bond motifs is 1. The first-order valence-electron chi connectivity index (χ1n) is 6.71. The normalized spacial score (nSPS) is 17.3. The molecular formula is C13H18N6. The highest BCUT2D eigenvalue weighted by molar-refractivity contribution is 5.83. The van der Waals surface area contributed by atoms with Crippen LogP contribution in [0.5, 0.6) is 0 Å². The molecule has 1 fully saturated rings. The topological polar surface area (TPSA) is 92.5 Å².